The van der Waals surface area contributed by atoms with E-state index >= 15 is 0 Å². The average molecular weight is 288 g/mol. The van der Waals surface area contributed by atoms with Crippen LogP contribution in [0.5, 0.6) is 0 Å². The first-order valence-corrected chi connectivity index (χ1v) is 7.77. The molecule has 3 aliphatic rings. The molecule has 0 unspecified atom stereocenters. The van der Waals surface area contributed by atoms with E-state index in [1.807, 2.05) is 11.1 Å². The van der Waals surface area contributed by atoms with Crippen molar-refractivity contribution in [3.8, 4) is 0 Å². The summed E-state index contributed by atoms with van der Waals surface area (Å²) >= 11 is 0. The second kappa shape index (κ2) is 5.26. The Morgan fingerprint density at radius 3 is 2.81 bits per heavy atom. The Labute approximate surface area is 124 Å². The van der Waals surface area contributed by atoms with Gasteiger partial charge in [0.2, 0.25) is 11.9 Å². The average Bonchev–Trinajstić information content (AvgIpc) is 3.39. The molecule has 0 radical (unpaired) electrons. The minimum Gasteiger partial charge on any atom is -0.378 e. The minimum absolute atomic E-state index is 0.284. The largest absolute Gasteiger partial charge is 0.378 e. The first kappa shape index (κ1) is 13.0. The molecular weight excluding hydrogens is 268 g/mol. The standard InChI is InChI=1S/C15H20N4O2/c20-14(11-1-2-11)19-4-3-12-9-16-15(17-13(12)10-19)18-5-7-21-8-6-18/h9,11H,1-8,10H2. The van der Waals surface area contributed by atoms with Crippen LogP contribution in [0, 0.1) is 5.92 Å². The van der Waals surface area contributed by atoms with Gasteiger partial charge in [0.15, 0.2) is 0 Å². The number of aromatic nitrogens is 2. The van der Waals surface area contributed by atoms with Crippen LogP contribution in [0.15, 0.2) is 6.20 Å². The summed E-state index contributed by atoms with van der Waals surface area (Å²) < 4.78 is 5.37. The van der Waals surface area contributed by atoms with Crippen LogP contribution in [0.2, 0.25) is 0 Å². The zero-order chi connectivity index (χ0) is 14.2. The second-order valence-corrected chi connectivity index (χ2v) is 6.03. The summed E-state index contributed by atoms with van der Waals surface area (Å²) in [5.41, 5.74) is 2.21. The number of anilines is 1. The molecule has 0 aromatic carbocycles. The first-order valence-electron chi connectivity index (χ1n) is 7.77. The van der Waals surface area contributed by atoms with Crippen molar-refractivity contribution in [1.82, 2.24) is 14.9 Å². The maximum absolute atomic E-state index is 12.2. The number of carbonyl (C=O) groups is 1. The van der Waals surface area contributed by atoms with Crippen LogP contribution in [0.4, 0.5) is 5.95 Å². The molecule has 1 saturated heterocycles. The van der Waals surface area contributed by atoms with E-state index in [2.05, 4.69) is 9.88 Å². The number of nitrogens with zero attached hydrogens (tertiary/aromatic N) is 4. The van der Waals surface area contributed by atoms with Gasteiger partial charge in [-0.25, -0.2) is 9.97 Å². The molecule has 1 aromatic heterocycles. The topological polar surface area (TPSA) is 58.6 Å². The van der Waals surface area contributed by atoms with E-state index < -0.39 is 0 Å². The lowest BCUT2D eigenvalue weighted by atomic mass is 10.1. The van der Waals surface area contributed by atoms with Gasteiger partial charge in [0.1, 0.15) is 0 Å². The van der Waals surface area contributed by atoms with Crippen LogP contribution in [0.3, 0.4) is 0 Å². The molecule has 1 aromatic rings. The molecule has 1 saturated carbocycles. The molecule has 0 N–H and O–H groups in total. The summed E-state index contributed by atoms with van der Waals surface area (Å²) in [5.74, 6) is 1.37. The number of carbonyl (C=O) groups excluding carboxylic acids is 1. The summed E-state index contributed by atoms with van der Waals surface area (Å²) in [7, 11) is 0. The van der Waals surface area contributed by atoms with E-state index in [0.717, 1.165) is 63.8 Å². The van der Waals surface area contributed by atoms with Crippen LogP contribution in [0.1, 0.15) is 24.1 Å². The van der Waals surface area contributed by atoms with E-state index in [0.29, 0.717) is 12.5 Å². The fraction of sp³-hybridized carbons (Fsp3) is 0.667. The van der Waals surface area contributed by atoms with Gasteiger partial charge in [-0.2, -0.15) is 0 Å². The molecule has 0 bridgehead atoms. The minimum atomic E-state index is 0.284. The Hall–Kier alpha value is -1.69. The predicted molar refractivity (Wildman–Crippen MR) is 76.9 cm³/mol. The Morgan fingerprint density at radius 1 is 1.24 bits per heavy atom. The quantitative estimate of drug-likeness (QED) is 0.798. The number of amides is 1. The lowest BCUT2D eigenvalue weighted by molar-refractivity contribution is -0.133. The van der Waals surface area contributed by atoms with Gasteiger partial charge < -0.3 is 14.5 Å². The number of fused-ring (bicyclic) bond motifs is 1. The van der Waals surface area contributed by atoms with Crippen molar-refractivity contribution < 1.29 is 9.53 Å². The summed E-state index contributed by atoms with van der Waals surface area (Å²) in [4.78, 5) is 25.5. The zero-order valence-electron chi connectivity index (χ0n) is 12.1. The highest BCUT2D eigenvalue weighted by Crippen LogP contribution is 2.32. The van der Waals surface area contributed by atoms with Gasteiger partial charge in [-0.3, -0.25) is 4.79 Å². The van der Waals surface area contributed by atoms with Crippen molar-refractivity contribution in [2.45, 2.75) is 25.8 Å². The molecule has 2 fully saturated rings. The van der Waals surface area contributed by atoms with E-state index in [1.54, 1.807) is 0 Å². The van der Waals surface area contributed by atoms with Crippen LogP contribution in [-0.2, 0) is 22.5 Å². The van der Waals surface area contributed by atoms with Gasteiger partial charge in [0.05, 0.1) is 25.5 Å². The molecule has 0 spiro atoms. The molecule has 1 aliphatic carbocycles. The van der Waals surface area contributed by atoms with E-state index in [-0.39, 0.29) is 5.92 Å². The summed E-state index contributed by atoms with van der Waals surface area (Å²) in [5, 5.41) is 0. The van der Waals surface area contributed by atoms with Crippen LogP contribution in [-0.4, -0.2) is 53.6 Å². The fourth-order valence-corrected chi connectivity index (χ4v) is 2.98. The fourth-order valence-electron chi connectivity index (χ4n) is 2.98. The maximum atomic E-state index is 12.2. The molecule has 3 heterocycles. The summed E-state index contributed by atoms with van der Waals surface area (Å²) in [6, 6.07) is 0. The molecule has 4 rings (SSSR count). The van der Waals surface area contributed by atoms with Crippen LogP contribution in [0.25, 0.3) is 0 Å². The van der Waals surface area contributed by atoms with Crippen molar-refractivity contribution in [3.05, 3.63) is 17.5 Å². The Bertz CT molecular complexity index is 553. The summed E-state index contributed by atoms with van der Waals surface area (Å²) in [6.45, 7) is 4.58. The Balaban J connectivity index is 1.53. The van der Waals surface area contributed by atoms with Crippen molar-refractivity contribution >= 4 is 11.9 Å². The van der Waals surface area contributed by atoms with Gasteiger partial charge in [-0.1, -0.05) is 0 Å². The molecule has 21 heavy (non-hydrogen) atoms. The predicted octanol–water partition coefficient (Wildman–Crippen LogP) is 0.608. The Kier molecular flexibility index (Phi) is 3.25. The molecule has 112 valence electrons. The van der Waals surface area contributed by atoms with Crippen molar-refractivity contribution in [2.75, 3.05) is 37.7 Å². The van der Waals surface area contributed by atoms with Gasteiger partial charge in [-0.15, -0.1) is 0 Å². The third-order valence-corrected chi connectivity index (χ3v) is 4.47. The van der Waals surface area contributed by atoms with Gasteiger partial charge in [-0.05, 0) is 24.8 Å². The Morgan fingerprint density at radius 2 is 2.05 bits per heavy atom. The van der Waals surface area contributed by atoms with Gasteiger partial charge in [0.25, 0.3) is 0 Å². The van der Waals surface area contributed by atoms with Crippen molar-refractivity contribution in [2.24, 2.45) is 5.92 Å². The van der Waals surface area contributed by atoms with E-state index in [9.17, 15) is 4.79 Å². The normalized spacial score (nSPS) is 22.1. The lowest BCUT2D eigenvalue weighted by Crippen LogP contribution is -2.39. The van der Waals surface area contributed by atoms with Crippen LogP contribution >= 0.6 is 0 Å². The molecule has 0 atom stereocenters. The maximum Gasteiger partial charge on any atom is 0.226 e. The molecule has 6 heteroatoms. The second-order valence-electron chi connectivity index (χ2n) is 6.03. The SMILES string of the molecule is O=C(C1CC1)N1CCc2cnc(N3CCOCC3)nc2C1. The number of morpholine rings is 1. The van der Waals surface area contributed by atoms with Crippen molar-refractivity contribution in [1.29, 1.82) is 0 Å². The third-order valence-electron chi connectivity index (χ3n) is 4.47. The van der Waals surface area contributed by atoms with E-state index in [1.165, 1.54) is 5.56 Å². The number of ether oxygens (including phenoxy) is 1. The number of hydrogen-bond acceptors (Lipinski definition) is 5. The third kappa shape index (κ3) is 2.60. The number of hydrogen-bond donors (Lipinski definition) is 0. The number of rotatable bonds is 2. The zero-order valence-corrected chi connectivity index (χ0v) is 12.1. The smallest absolute Gasteiger partial charge is 0.226 e. The molecular formula is C15H20N4O2. The molecule has 6 nitrogen and oxygen atoms in total. The van der Waals surface area contributed by atoms with E-state index in [4.69, 9.17) is 9.72 Å². The molecule has 2 aliphatic heterocycles. The monoisotopic (exact) mass is 288 g/mol. The molecule has 1 amide bonds. The van der Waals surface area contributed by atoms with Crippen LogP contribution < -0.4 is 4.90 Å². The van der Waals surface area contributed by atoms with Crippen molar-refractivity contribution in [3.63, 3.8) is 0 Å². The highest BCUT2D eigenvalue weighted by molar-refractivity contribution is 5.81. The highest BCUT2D eigenvalue weighted by Gasteiger charge is 2.35. The van der Waals surface area contributed by atoms with Gasteiger partial charge >= 0.3 is 0 Å². The first-order chi connectivity index (χ1) is 10.3. The summed E-state index contributed by atoms with van der Waals surface area (Å²) in [6.07, 6.45) is 4.93. The highest BCUT2D eigenvalue weighted by atomic mass is 16.5. The lowest BCUT2D eigenvalue weighted by Gasteiger charge is -2.30. The van der Waals surface area contributed by atoms with Gasteiger partial charge in [0, 0.05) is 31.7 Å².